The van der Waals surface area contributed by atoms with Crippen LogP contribution >= 0.6 is 0 Å². The summed E-state index contributed by atoms with van der Waals surface area (Å²) in [6, 6.07) is 10.2. The summed E-state index contributed by atoms with van der Waals surface area (Å²) in [6.45, 7) is 3.77. The van der Waals surface area contributed by atoms with Gasteiger partial charge in [0.15, 0.2) is 23.0 Å². The number of hydrazone groups is 1. The number of hydrogen-bond donors (Lipinski definition) is 0. The average molecular weight is 413 g/mol. The molecule has 0 bridgehead atoms. The van der Waals surface area contributed by atoms with Gasteiger partial charge in [-0.25, -0.2) is 4.79 Å². The van der Waals surface area contributed by atoms with Crippen molar-refractivity contribution in [1.29, 1.82) is 0 Å². The molecule has 1 saturated heterocycles. The van der Waals surface area contributed by atoms with Gasteiger partial charge in [0.1, 0.15) is 0 Å². The van der Waals surface area contributed by atoms with E-state index in [1.165, 1.54) is 21.3 Å². The third kappa shape index (κ3) is 5.21. The lowest BCUT2D eigenvalue weighted by molar-refractivity contribution is 0.0729. The molecule has 30 heavy (non-hydrogen) atoms. The van der Waals surface area contributed by atoms with Crippen LogP contribution in [0.1, 0.15) is 15.9 Å². The molecule has 2 aromatic carbocycles. The molecule has 0 aliphatic carbocycles. The Kier molecular flexibility index (Phi) is 7.13. The molecule has 0 aromatic heterocycles. The number of carbonyl (C=O) groups is 1. The molecule has 2 aromatic rings. The van der Waals surface area contributed by atoms with Crippen LogP contribution in [0.2, 0.25) is 0 Å². The lowest BCUT2D eigenvalue weighted by Crippen LogP contribution is -2.41. The molecule has 0 saturated carbocycles. The lowest BCUT2D eigenvalue weighted by Gasteiger charge is -2.30. The molecule has 160 valence electrons. The highest BCUT2D eigenvalue weighted by Crippen LogP contribution is 2.31. The molecule has 8 nitrogen and oxygen atoms in total. The number of piperazine rings is 1. The summed E-state index contributed by atoms with van der Waals surface area (Å²) >= 11 is 0. The van der Waals surface area contributed by atoms with E-state index in [1.54, 1.807) is 36.5 Å². The van der Waals surface area contributed by atoms with Crippen molar-refractivity contribution in [2.75, 3.05) is 54.6 Å². The second-order valence-corrected chi connectivity index (χ2v) is 6.87. The van der Waals surface area contributed by atoms with Crippen LogP contribution in [0.3, 0.4) is 0 Å². The highest BCUT2D eigenvalue weighted by molar-refractivity contribution is 5.92. The molecule has 0 atom stereocenters. The van der Waals surface area contributed by atoms with E-state index in [-0.39, 0.29) is 0 Å². The first kappa shape index (κ1) is 21.4. The molecular formula is C22H27N3O5. The van der Waals surface area contributed by atoms with Crippen LogP contribution in [0.25, 0.3) is 0 Å². The quantitative estimate of drug-likeness (QED) is 0.392. The van der Waals surface area contributed by atoms with Crippen LogP contribution in [0, 0.1) is 0 Å². The molecule has 0 unspecified atom stereocenters. The second kappa shape index (κ2) is 9.98. The Bertz CT molecular complexity index is 908. The molecule has 1 heterocycles. The first-order valence-electron chi connectivity index (χ1n) is 9.63. The Balaban J connectivity index is 1.71. The zero-order valence-electron chi connectivity index (χ0n) is 17.8. The predicted octanol–water partition coefficient (Wildman–Crippen LogP) is 2.51. The van der Waals surface area contributed by atoms with Crippen LogP contribution in [0.4, 0.5) is 0 Å². The summed E-state index contributed by atoms with van der Waals surface area (Å²) < 4.78 is 21.4. The van der Waals surface area contributed by atoms with Gasteiger partial charge >= 0.3 is 5.97 Å². The van der Waals surface area contributed by atoms with Crippen molar-refractivity contribution in [1.82, 2.24) is 9.91 Å². The van der Waals surface area contributed by atoms with E-state index in [0.29, 0.717) is 28.6 Å². The molecule has 0 amide bonds. The van der Waals surface area contributed by atoms with Crippen LogP contribution in [0.15, 0.2) is 41.5 Å². The van der Waals surface area contributed by atoms with E-state index in [9.17, 15) is 4.79 Å². The normalized spacial score (nSPS) is 14.6. The Morgan fingerprint density at radius 1 is 0.867 bits per heavy atom. The molecule has 8 heteroatoms. The van der Waals surface area contributed by atoms with Crippen molar-refractivity contribution in [2.45, 2.75) is 0 Å². The average Bonchev–Trinajstić information content (AvgIpc) is 2.78. The minimum Gasteiger partial charge on any atom is -0.493 e. The zero-order chi connectivity index (χ0) is 21.5. The third-order valence-corrected chi connectivity index (χ3v) is 4.86. The molecule has 0 radical (unpaired) electrons. The van der Waals surface area contributed by atoms with Crippen molar-refractivity contribution in [3.05, 3.63) is 47.5 Å². The molecule has 1 aliphatic heterocycles. The number of esters is 1. The van der Waals surface area contributed by atoms with E-state index in [1.807, 2.05) is 11.1 Å². The summed E-state index contributed by atoms with van der Waals surface area (Å²) in [5.41, 5.74) is 1.20. The SMILES string of the molecule is COc1ccc(C(=O)Oc2ccc(/C=N\N3CCN(C)CC3)cc2OC)cc1OC. The number of likely N-dealkylation sites (N-methyl/N-ethyl adjacent to an activating group) is 1. The van der Waals surface area contributed by atoms with E-state index < -0.39 is 5.97 Å². The van der Waals surface area contributed by atoms with Crippen molar-refractivity contribution in [2.24, 2.45) is 5.10 Å². The maximum absolute atomic E-state index is 12.6. The first-order valence-corrected chi connectivity index (χ1v) is 9.63. The number of hydrogen-bond acceptors (Lipinski definition) is 8. The molecule has 0 N–H and O–H groups in total. The zero-order valence-corrected chi connectivity index (χ0v) is 17.8. The van der Waals surface area contributed by atoms with Crippen LogP contribution in [0.5, 0.6) is 23.0 Å². The minimum atomic E-state index is -0.520. The highest BCUT2D eigenvalue weighted by atomic mass is 16.6. The van der Waals surface area contributed by atoms with Crippen LogP contribution in [-0.4, -0.2) is 76.6 Å². The fourth-order valence-corrected chi connectivity index (χ4v) is 3.03. The number of ether oxygens (including phenoxy) is 4. The topological polar surface area (TPSA) is 72.8 Å². The summed E-state index contributed by atoms with van der Waals surface area (Å²) in [5.74, 6) is 1.25. The van der Waals surface area contributed by atoms with Crippen molar-refractivity contribution >= 4 is 12.2 Å². The smallest absolute Gasteiger partial charge is 0.343 e. The van der Waals surface area contributed by atoms with Crippen LogP contribution in [-0.2, 0) is 0 Å². The predicted molar refractivity (Wildman–Crippen MR) is 114 cm³/mol. The monoisotopic (exact) mass is 413 g/mol. The van der Waals surface area contributed by atoms with Crippen LogP contribution < -0.4 is 18.9 Å². The Morgan fingerprint density at radius 2 is 1.50 bits per heavy atom. The number of carbonyl (C=O) groups excluding carboxylic acids is 1. The second-order valence-electron chi connectivity index (χ2n) is 6.87. The van der Waals surface area contributed by atoms with Gasteiger partial charge in [0.25, 0.3) is 0 Å². The fraction of sp³-hybridized carbons (Fsp3) is 0.364. The number of nitrogens with zero attached hydrogens (tertiary/aromatic N) is 3. The Labute approximate surface area is 176 Å². The number of rotatable bonds is 7. The number of benzene rings is 2. The number of methoxy groups -OCH3 is 3. The molecular weight excluding hydrogens is 386 g/mol. The summed E-state index contributed by atoms with van der Waals surface area (Å²) in [7, 11) is 6.69. The first-order chi connectivity index (χ1) is 14.5. The highest BCUT2D eigenvalue weighted by Gasteiger charge is 2.16. The summed E-state index contributed by atoms with van der Waals surface area (Å²) in [5, 5.41) is 6.57. The van der Waals surface area contributed by atoms with Crippen molar-refractivity contribution in [3.63, 3.8) is 0 Å². The van der Waals surface area contributed by atoms with Gasteiger partial charge in [0.2, 0.25) is 0 Å². The van der Waals surface area contributed by atoms with Crippen molar-refractivity contribution < 1.29 is 23.7 Å². The largest absolute Gasteiger partial charge is 0.493 e. The van der Waals surface area contributed by atoms with Crippen molar-refractivity contribution in [3.8, 4) is 23.0 Å². The van der Waals surface area contributed by atoms with E-state index in [2.05, 4.69) is 17.0 Å². The van der Waals surface area contributed by atoms with Gasteiger partial charge in [-0.15, -0.1) is 0 Å². The van der Waals surface area contributed by atoms with Gasteiger partial charge in [-0.1, -0.05) is 0 Å². The fourth-order valence-electron chi connectivity index (χ4n) is 3.03. The standard InChI is InChI=1S/C22H27N3O5/c1-24-9-11-25(12-10-24)23-15-16-5-7-19(20(13-16)28-3)30-22(26)17-6-8-18(27-2)21(14-17)29-4/h5-8,13-15H,9-12H2,1-4H3/b23-15-. The van der Waals surface area contributed by atoms with Gasteiger partial charge < -0.3 is 23.8 Å². The van der Waals surface area contributed by atoms with Gasteiger partial charge in [-0.3, -0.25) is 5.01 Å². The summed E-state index contributed by atoms with van der Waals surface area (Å²) in [4.78, 5) is 14.9. The maximum atomic E-state index is 12.6. The lowest BCUT2D eigenvalue weighted by atomic mass is 10.2. The Hall–Kier alpha value is -3.26. The minimum absolute atomic E-state index is 0.328. The molecule has 0 spiro atoms. The van der Waals surface area contributed by atoms with E-state index >= 15 is 0 Å². The van der Waals surface area contributed by atoms with Gasteiger partial charge in [0.05, 0.1) is 33.1 Å². The van der Waals surface area contributed by atoms with Gasteiger partial charge in [0, 0.05) is 26.2 Å². The van der Waals surface area contributed by atoms with E-state index in [4.69, 9.17) is 18.9 Å². The van der Waals surface area contributed by atoms with E-state index in [0.717, 1.165) is 31.7 Å². The molecule has 3 rings (SSSR count). The molecule has 1 aliphatic rings. The Morgan fingerprint density at radius 3 is 2.17 bits per heavy atom. The summed E-state index contributed by atoms with van der Waals surface area (Å²) in [6.07, 6.45) is 1.79. The van der Waals surface area contributed by atoms with Gasteiger partial charge in [-0.05, 0) is 49.0 Å². The van der Waals surface area contributed by atoms with Gasteiger partial charge in [-0.2, -0.15) is 5.10 Å². The molecule has 1 fully saturated rings. The third-order valence-electron chi connectivity index (χ3n) is 4.86. The maximum Gasteiger partial charge on any atom is 0.343 e.